The molecular weight excluding hydrogens is 238 g/mol. The molecule has 1 aromatic carbocycles. The zero-order chi connectivity index (χ0) is 13.2. The van der Waals surface area contributed by atoms with Crippen LogP contribution in [0.15, 0.2) is 30.5 Å². The molecule has 1 aliphatic heterocycles. The summed E-state index contributed by atoms with van der Waals surface area (Å²) in [6.45, 7) is 3.67. The fourth-order valence-corrected chi connectivity index (χ4v) is 2.61. The molecule has 4 nitrogen and oxygen atoms in total. The summed E-state index contributed by atoms with van der Waals surface area (Å²) >= 11 is 0. The Bertz CT molecular complexity index is 577. The first-order chi connectivity index (χ1) is 9.24. The molecule has 3 rings (SSSR count). The maximum absolute atomic E-state index is 5.68. The van der Waals surface area contributed by atoms with E-state index in [1.165, 1.54) is 11.1 Å². The molecule has 2 aromatic rings. The number of fused-ring (bicyclic) bond motifs is 1. The number of hydrogen-bond donors (Lipinski definition) is 1. The molecule has 0 saturated carbocycles. The third-order valence-electron chi connectivity index (χ3n) is 3.61. The van der Waals surface area contributed by atoms with E-state index in [1.807, 2.05) is 23.9 Å². The molecule has 1 atom stereocenters. The van der Waals surface area contributed by atoms with E-state index in [0.29, 0.717) is 6.04 Å². The van der Waals surface area contributed by atoms with Gasteiger partial charge in [0, 0.05) is 43.4 Å². The maximum atomic E-state index is 5.68. The first-order valence-corrected chi connectivity index (χ1v) is 6.68. The Labute approximate surface area is 113 Å². The zero-order valence-electron chi connectivity index (χ0n) is 11.4. The number of para-hydroxylation sites is 1. The highest BCUT2D eigenvalue weighted by molar-refractivity contribution is 5.37. The molecule has 1 unspecified atom stereocenters. The van der Waals surface area contributed by atoms with Crippen molar-refractivity contribution in [1.82, 2.24) is 15.1 Å². The summed E-state index contributed by atoms with van der Waals surface area (Å²) in [6.07, 6.45) is 3.09. The van der Waals surface area contributed by atoms with Crippen molar-refractivity contribution < 1.29 is 4.74 Å². The van der Waals surface area contributed by atoms with Crippen LogP contribution in [-0.4, -0.2) is 16.4 Å². The van der Waals surface area contributed by atoms with Crippen LogP contribution in [0.5, 0.6) is 5.75 Å². The number of nitrogens with one attached hydrogen (secondary N) is 1. The molecule has 0 saturated heterocycles. The molecule has 0 aliphatic carbocycles. The minimum absolute atomic E-state index is 0.365. The third-order valence-corrected chi connectivity index (χ3v) is 3.61. The van der Waals surface area contributed by atoms with Gasteiger partial charge in [-0.05, 0) is 13.0 Å². The van der Waals surface area contributed by atoms with Gasteiger partial charge in [0.2, 0.25) is 0 Å². The molecule has 100 valence electrons. The van der Waals surface area contributed by atoms with Gasteiger partial charge >= 0.3 is 0 Å². The summed E-state index contributed by atoms with van der Waals surface area (Å²) in [4.78, 5) is 0. The second kappa shape index (κ2) is 5.05. The van der Waals surface area contributed by atoms with Crippen LogP contribution in [0.25, 0.3) is 0 Å². The average molecular weight is 257 g/mol. The summed E-state index contributed by atoms with van der Waals surface area (Å²) in [5.41, 5.74) is 3.61. The van der Waals surface area contributed by atoms with Gasteiger partial charge in [-0.3, -0.25) is 4.68 Å². The summed E-state index contributed by atoms with van der Waals surface area (Å²) in [5.74, 6) is 1.01. The van der Waals surface area contributed by atoms with Crippen molar-refractivity contribution in [3.63, 3.8) is 0 Å². The highest BCUT2D eigenvalue weighted by Crippen LogP contribution is 2.31. The van der Waals surface area contributed by atoms with E-state index in [1.54, 1.807) is 0 Å². The second-order valence-corrected chi connectivity index (χ2v) is 5.02. The SMILES string of the molecule is Cc1nn(C)cc1CNC1CCOc2ccccc21. The minimum Gasteiger partial charge on any atom is -0.493 e. The minimum atomic E-state index is 0.365. The lowest BCUT2D eigenvalue weighted by atomic mass is 10.0. The molecule has 1 aromatic heterocycles. The molecule has 2 heterocycles. The fourth-order valence-electron chi connectivity index (χ4n) is 2.61. The molecule has 19 heavy (non-hydrogen) atoms. The average Bonchev–Trinajstić information content (AvgIpc) is 2.74. The standard InChI is InChI=1S/C15H19N3O/c1-11-12(10-18(2)17-11)9-16-14-7-8-19-15-6-4-3-5-13(14)15/h3-6,10,14,16H,7-9H2,1-2H3. The zero-order valence-corrected chi connectivity index (χ0v) is 11.4. The highest BCUT2D eigenvalue weighted by Gasteiger charge is 2.20. The van der Waals surface area contributed by atoms with Gasteiger partial charge in [0.25, 0.3) is 0 Å². The molecule has 1 aliphatic rings. The van der Waals surface area contributed by atoms with Crippen molar-refractivity contribution in [2.45, 2.75) is 25.9 Å². The molecule has 0 amide bonds. The summed E-state index contributed by atoms with van der Waals surface area (Å²) in [6, 6.07) is 8.63. The predicted molar refractivity (Wildman–Crippen MR) is 74.1 cm³/mol. The Kier molecular flexibility index (Phi) is 3.25. The van der Waals surface area contributed by atoms with E-state index in [-0.39, 0.29) is 0 Å². The topological polar surface area (TPSA) is 39.1 Å². The van der Waals surface area contributed by atoms with Crippen molar-refractivity contribution in [3.05, 3.63) is 47.3 Å². The largest absolute Gasteiger partial charge is 0.493 e. The number of nitrogens with zero attached hydrogens (tertiary/aromatic N) is 2. The Hall–Kier alpha value is -1.81. The van der Waals surface area contributed by atoms with Crippen LogP contribution >= 0.6 is 0 Å². The van der Waals surface area contributed by atoms with Crippen molar-refractivity contribution in [1.29, 1.82) is 0 Å². The number of aromatic nitrogens is 2. The Morgan fingerprint density at radius 3 is 3.05 bits per heavy atom. The number of ether oxygens (including phenoxy) is 1. The second-order valence-electron chi connectivity index (χ2n) is 5.02. The normalized spacial score (nSPS) is 17.9. The molecule has 0 fully saturated rings. The van der Waals surface area contributed by atoms with E-state index in [9.17, 15) is 0 Å². The molecule has 0 radical (unpaired) electrons. The number of hydrogen-bond acceptors (Lipinski definition) is 3. The Balaban J connectivity index is 1.73. The number of aryl methyl sites for hydroxylation is 2. The molecular formula is C15H19N3O. The van der Waals surface area contributed by atoms with Crippen LogP contribution in [0, 0.1) is 6.92 Å². The van der Waals surface area contributed by atoms with Gasteiger partial charge in [-0.1, -0.05) is 18.2 Å². The van der Waals surface area contributed by atoms with Gasteiger partial charge in [-0.25, -0.2) is 0 Å². The first-order valence-electron chi connectivity index (χ1n) is 6.68. The molecule has 1 N–H and O–H groups in total. The van der Waals surface area contributed by atoms with Gasteiger partial charge < -0.3 is 10.1 Å². The monoisotopic (exact) mass is 257 g/mol. The Morgan fingerprint density at radius 1 is 1.42 bits per heavy atom. The Morgan fingerprint density at radius 2 is 2.26 bits per heavy atom. The van der Waals surface area contributed by atoms with Crippen molar-refractivity contribution >= 4 is 0 Å². The van der Waals surface area contributed by atoms with Crippen LogP contribution in [0.3, 0.4) is 0 Å². The van der Waals surface area contributed by atoms with E-state index in [0.717, 1.165) is 31.0 Å². The van der Waals surface area contributed by atoms with Crippen molar-refractivity contribution in [2.75, 3.05) is 6.61 Å². The van der Waals surface area contributed by atoms with Crippen LogP contribution in [0.2, 0.25) is 0 Å². The van der Waals surface area contributed by atoms with Crippen LogP contribution in [0.4, 0.5) is 0 Å². The van der Waals surface area contributed by atoms with Crippen LogP contribution in [0.1, 0.15) is 29.3 Å². The summed E-state index contributed by atoms with van der Waals surface area (Å²) in [5, 5.41) is 7.99. The van der Waals surface area contributed by atoms with E-state index < -0.39 is 0 Å². The quantitative estimate of drug-likeness (QED) is 0.917. The smallest absolute Gasteiger partial charge is 0.124 e. The fraction of sp³-hybridized carbons (Fsp3) is 0.400. The van der Waals surface area contributed by atoms with Crippen LogP contribution < -0.4 is 10.1 Å². The first kappa shape index (κ1) is 12.2. The predicted octanol–water partition coefficient (Wildman–Crippen LogP) is 2.34. The highest BCUT2D eigenvalue weighted by atomic mass is 16.5. The third kappa shape index (κ3) is 2.49. The van der Waals surface area contributed by atoms with E-state index in [2.05, 4.69) is 35.7 Å². The van der Waals surface area contributed by atoms with E-state index >= 15 is 0 Å². The van der Waals surface area contributed by atoms with Crippen molar-refractivity contribution in [3.8, 4) is 5.75 Å². The molecule has 0 bridgehead atoms. The number of rotatable bonds is 3. The van der Waals surface area contributed by atoms with Gasteiger partial charge in [0.15, 0.2) is 0 Å². The van der Waals surface area contributed by atoms with Gasteiger partial charge in [0.05, 0.1) is 12.3 Å². The van der Waals surface area contributed by atoms with E-state index in [4.69, 9.17) is 4.74 Å². The van der Waals surface area contributed by atoms with Crippen LogP contribution in [-0.2, 0) is 13.6 Å². The molecule has 4 heteroatoms. The number of benzene rings is 1. The summed E-state index contributed by atoms with van der Waals surface area (Å²) in [7, 11) is 1.96. The van der Waals surface area contributed by atoms with Gasteiger partial charge in [-0.2, -0.15) is 5.10 Å². The van der Waals surface area contributed by atoms with Gasteiger partial charge in [-0.15, -0.1) is 0 Å². The van der Waals surface area contributed by atoms with Gasteiger partial charge in [0.1, 0.15) is 5.75 Å². The lowest BCUT2D eigenvalue weighted by Gasteiger charge is -2.26. The lowest BCUT2D eigenvalue weighted by molar-refractivity contribution is 0.252. The molecule has 0 spiro atoms. The lowest BCUT2D eigenvalue weighted by Crippen LogP contribution is -2.26. The van der Waals surface area contributed by atoms with Crippen molar-refractivity contribution in [2.24, 2.45) is 7.05 Å². The maximum Gasteiger partial charge on any atom is 0.124 e. The summed E-state index contributed by atoms with van der Waals surface area (Å²) < 4.78 is 7.54.